The topological polar surface area (TPSA) is 52.7 Å². The molecule has 0 aromatic heterocycles. The number of benzene rings is 2. The van der Waals surface area contributed by atoms with E-state index in [1.54, 1.807) is 17.0 Å². The molecule has 1 N–H and O–H groups in total. The molecular weight excluding hydrogens is 371 g/mol. The summed E-state index contributed by atoms with van der Waals surface area (Å²) in [5.74, 6) is 0.00244. The van der Waals surface area contributed by atoms with E-state index in [1.807, 2.05) is 12.1 Å². The summed E-state index contributed by atoms with van der Waals surface area (Å²) in [4.78, 5) is 27.4. The van der Waals surface area contributed by atoms with E-state index in [-0.39, 0.29) is 11.5 Å². The highest BCUT2D eigenvalue weighted by Crippen LogP contribution is 2.30. The highest BCUT2D eigenvalue weighted by atomic mass is 19.4. The van der Waals surface area contributed by atoms with E-state index >= 15 is 0 Å². The third-order valence-electron chi connectivity index (χ3n) is 4.65. The standard InChI is InChI=1S/C20H20F3N3O2/c1-14(27)15-5-7-18(8-6-15)25-9-11-26(12-10-25)19(28)24-17-4-2-3-16(13-17)20(21,22)23/h2-8,13H,9-12H2,1H3,(H,24,28). The second kappa shape index (κ2) is 7.92. The molecule has 148 valence electrons. The van der Waals surface area contributed by atoms with Crippen LogP contribution in [-0.2, 0) is 6.18 Å². The average Bonchev–Trinajstić information content (AvgIpc) is 2.68. The number of carbonyl (C=O) groups excluding carboxylic acids is 2. The Kier molecular flexibility index (Phi) is 5.58. The van der Waals surface area contributed by atoms with Crippen LogP contribution < -0.4 is 10.2 Å². The lowest BCUT2D eigenvalue weighted by atomic mass is 10.1. The maximum atomic E-state index is 12.8. The monoisotopic (exact) mass is 391 g/mol. The van der Waals surface area contributed by atoms with Gasteiger partial charge in [-0.05, 0) is 49.4 Å². The summed E-state index contributed by atoms with van der Waals surface area (Å²) in [6, 6.07) is 11.4. The van der Waals surface area contributed by atoms with Crippen LogP contribution in [0.4, 0.5) is 29.3 Å². The fourth-order valence-corrected chi connectivity index (χ4v) is 3.05. The molecule has 0 saturated carbocycles. The van der Waals surface area contributed by atoms with Crippen molar-refractivity contribution in [2.75, 3.05) is 36.4 Å². The summed E-state index contributed by atoms with van der Waals surface area (Å²) in [6.07, 6.45) is -4.45. The third-order valence-corrected chi connectivity index (χ3v) is 4.65. The Bertz CT molecular complexity index is 858. The molecule has 3 rings (SSSR count). The Hall–Kier alpha value is -3.03. The Morgan fingerprint density at radius 1 is 0.964 bits per heavy atom. The van der Waals surface area contributed by atoms with Gasteiger partial charge in [0.15, 0.2) is 5.78 Å². The molecule has 1 heterocycles. The second-order valence-corrected chi connectivity index (χ2v) is 6.59. The maximum absolute atomic E-state index is 12.8. The molecule has 0 aliphatic carbocycles. The number of hydrogen-bond donors (Lipinski definition) is 1. The number of nitrogens with zero attached hydrogens (tertiary/aromatic N) is 2. The van der Waals surface area contributed by atoms with Crippen molar-refractivity contribution in [3.05, 3.63) is 59.7 Å². The van der Waals surface area contributed by atoms with E-state index in [9.17, 15) is 22.8 Å². The number of piperazine rings is 1. The molecule has 8 heteroatoms. The first-order chi connectivity index (χ1) is 13.2. The van der Waals surface area contributed by atoms with Gasteiger partial charge in [-0.2, -0.15) is 13.2 Å². The van der Waals surface area contributed by atoms with Gasteiger partial charge >= 0.3 is 12.2 Å². The van der Waals surface area contributed by atoms with Crippen molar-refractivity contribution in [1.82, 2.24) is 4.90 Å². The molecular formula is C20H20F3N3O2. The quantitative estimate of drug-likeness (QED) is 0.796. The fraction of sp³-hybridized carbons (Fsp3) is 0.300. The lowest BCUT2D eigenvalue weighted by molar-refractivity contribution is -0.137. The van der Waals surface area contributed by atoms with E-state index in [4.69, 9.17) is 0 Å². The minimum atomic E-state index is -4.45. The number of urea groups is 1. The molecule has 2 amide bonds. The van der Waals surface area contributed by atoms with Crippen LogP contribution in [0, 0.1) is 0 Å². The van der Waals surface area contributed by atoms with Crippen LogP contribution >= 0.6 is 0 Å². The maximum Gasteiger partial charge on any atom is 0.416 e. The van der Waals surface area contributed by atoms with Crippen molar-refractivity contribution in [2.45, 2.75) is 13.1 Å². The number of Topliss-reactive ketones (excluding diaryl/α,β-unsaturated/α-hetero) is 1. The van der Waals surface area contributed by atoms with Gasteiger partial charge in [0, 0.05) is 43.1 Å². The van der Waals surface area contributed by atoms with E-state index < -0.39 is 17.8 Å². The molecule has 0 bridgehead atoms. The number of carbonyl (C=O) groups is 2. The van der Waals surface area contributed by atoms with Crippen molar-refractivity contribution in [1.29, 1.82) is 0 Å². The summed E-state index contributed by atoms with van der Waals surface area (Å²) in [5.41, 5.74) is 0.914. The van der Waals surface area contributed by atoms with Crippen LogP contribution in [0.25, 0.3) is 0 Å². The highest BCUT2D eigenvalue weighted by Gasteiger charge is 2.30. The lowest BCUT2D eigenvalue weighted by Crippen LogP contribution is -2.50. The van der Waals surface area contributed by atoms with Gasteiger partial charge in [0.1, 0.15) is 0 Å². The molecule has 1 saturated heterocycles. The third kappa shape index (κ3) is 4.62. The Morgan fingerprint density at radius 2 is 1.61 bits per heavy atom. The zero-order chi connectivity index (χ0) is 20.3. The van der Waals surface area contributed by atoms with E-state index in [2.05, 4.69) is 10.2 Å². The van der Waals surface area contributed by atoms with E-state index in [0.717, 1.165) is 17.8 Å². The number of anilines is 2. The van der Waals surface area contributed by atoms with Gasteiger partial charge in [0.05, 0.1) is 5.56 Å². The molecule has 28 heavy (non-hydrogen) atoms. The first kappa shape index (κ1) is 19.7. The molecule has 1 fully saturated rings. The number of ketones is 1. The number of halogens is 3. The molecule has 2 aromatic carbocycles. The van der Waals surface area contributed by atoms with Gasteiger partial charge in [-0.1, -0.05) is 6.07 Å². The van der Waals surface area contributed by atoms with Crippen LogP contribution in [0.3, 0.4) is 0 Å². The molecule has 0 spiro atoms. The summed E-state index contributed by atoms with van der Waals surface area (Å²) < 4.78 is 38.4. The van der Waals surface area contributed by atoms with Crippen LogP contribution in [0.1, 0.15) is 22.8 Å². The molecule has 0 unspecified atom stereocenters. The number of alkyl halides is 3. The smallest absolute Gasteiger partial charge is 0.368 e. The first-order valence-electron chi connectivity index (χ1n) is 8.83. The van der Waals surface area contributed by atoms with Crippen molar-refractivity contribution in [3.8, 4) is 0 Å². The zero-order valence-corrected chi connectivity index (χ0v) is 15.3. The SMILES string of the molecule is CC(=O)c1ccc(N2CCN(C(=O)Nc3cccc(C(F)(F)F)c3)CC2)cc1. The van der Waals surface area contributed by atoms with Gasteiger partial charge < -0.3 is 15.1 Å². The minimum Gasteiger partial charge on any atom is -0.368 e. The summed E-state index contributed by atoms with van der Waals surface area (Å²) in [5, 5.41) is 2.53. The number of hydrogen-bond acceptors (Lipinski definition) is 3. The molecule has 5 nitrogen and oxygen atoms in total. The minimum absolute atomic E-state index is 0.00244. The van der Waals surface area contributed by atoms with Gasteiger partial charge in [0.25, 0.3) is 0 Å². The molecule has 2 aromatic rings. The highest BCUT2D eigenvalue weighted by molar-refractivity contribution is 5.94. The largest absolute Gasteiger partial charge is 0.416 e. The van der Waals surface area contributed by atoms with E-state index in [0.29, 0.717) is 31.7 Å². The van der Waals surface area contributed by atoms with Crippen molar-refractivity contribution >= 4 is 23.2 Å². The Labute approximate surface area is 160 Å². The molecule has 1 aliphatic rings. The molecule has 1 aliphatic heterocycles. The fourth-order valence-electron chi connectivity index (χ4n) is 3.05. The predicted octanol–water partition coefficient (Wildman–Crippen LogP) is 4.26. The predicted molar refractivity (Wildman–Crippen MR) is 101 cm³/mol. The van der Waals surface area contributed by atoms with E-state index in [1.165, 1.54) is 19.1 Å². The first-order valence-corrected chi connectivity index (χ1v) is 8.83. The number of rotatable bonds is 3. The summed E-state index contributed by atoms with van der Waals surface area (Å²) >= 11 is 0. The van der Waals surface area contributed by atoms with Crippen molar-refractivity contribution < 1.29 is 22.8 Å². The van der Waals surface area contributed by atoms with Crippen LogP contribution in [0.15, 0.2) is 48.5 Å². The van der Waals surface area contributed by atoms with Crippen molar-refractivity contribution in [3.63, 3.8) is 0 Å². The Morgan fingerprint density at radius 3 is 2.18 bits per heavy atom. The second-order valence-electron chi connectivity index (χ2n) is 6.59. The van der Waals surface area contributed by atoms with Crippen LogP contribution in [0.5, 0.6) is 0 Å². The van der Waals surface area contributed by atoms with Gasteiger partial charge in [-0.3, -0.25) is 4.79 Å². The van der Waals surface area contributed by atoms with Crippen LogP contribution in [-0.4, -0.2) is 42.9 Å². The summed E-state index contributed by atoms with van der Waals surface area (Å²) in [6.45, 7) is 3.58. The van der Waals surface area contributed by atoms with Gasteiger partial charge in [-0.25, -0.2) is 4.79 Å². The Balaban J connectivity index is 1.57. The summed E-state index contributed by atoms with van der Waals surface area (Å²) in [7, 11) is 0. The normalized spacial score (nSPS) is 14.7. The number of amides is 2. The molecule has 0 radical (unpaired) electrons. The zero-order valence-electron chi connectivity index (χ0n) is 15.3. The average molecular weight is 391 g/mol. The molecule has 0 atom stereocenters. The lowest BCUT2D eigenvalue weighted by Gasteiger charge is -2.36. The van der Waals surface area contributed by atoms with Gasteiger partial charge in [0.2, 0.25) is 0 Å². The van der Waals surface area contributed by atoms with Crippen LogP contribution in [0.2, 0.25) is 0 Å². The number of nitrogens with one attached hydrogen (secondary N) is 1. The van der Waals surface area contributed by atoms with Crippen molar-refractivity contribution in [2.24, 2.45) is 0 Å². The van der Waals surface area contributed by atoms with Gasteiger partial charge in [-0.15, -0.1) is 0 Å².